The van der Waals surface area contributed by atoms with Crippen molar-refractivity contribution in [3.63, 3.8) is 0 Å². The Morgan fingerprint density at radius 1 is 1.43 bits per heavy atom. The number of pyridine rings is 1. The number of carbonyl (C=O) groups excluding carboxylic acids is 1. The van der Waals surface area contributed by atoms with Crippen LogP contribution in [-0.2, 0) is 16.0 Å². The Bertz CT molecular complexity index is 548. The molecule has 0 radical (unpaired) electrons. The predicted molar refractivity (Wildman–Crippen MR) is 87.0 cm³/mol. The van der Waals surface area contributed by atoms with Crippen LogP contribution in [0.5, 0.6) is 0 Å². The smallest absolute Gasteiger partial charge is 0.227 e. The fraction of sp³-hybridized carbons (Fsp3) is 0.667. The summed E-state index contributed by atoms with van der Waals surface area (Å²) in [5.74, 6) is 0.146. The molecular weight excluding hydrogens is 292 g/mol. The largest absolute Gasteiger partial charge is 0.392 e. The lowest BCUT2D eigenvalue weighted by Crippen LogP contribution is -2.62. The van der Waals surface area contributed by atoms with Crippen molar-refractivity contribution in [2.75, 3.05) is 19.7 Å². The Labute approximate surface area is 137 Å². The number of piperidine rings is 1. The highest BCUT2D eigenvalue weighted by atomic mass is 16.5. The monoisotopic (exact) mass is 318 g/mol. The second kappa shape index (κ2) is 6.57. The summed E-state index contributed by atoms with van der Waals surface area (Å²) in [5, 5.41) is 10.2. The lowest BCUT2D eigenvalue weighted by molar-refractivity contribution is -0.210. The van der Waals surface area contributed by atoms with Crippen LogP contribution in [0.15, 0.2) is 18.3 Å². The first-order valence-electron chi connectivity index (χ1n) is 8.54. The second-order valence-corrected chi connectivity index (χ2v) is 6.79. The number of nitrogens with zero attached hydrogens (tertiary/aromatic N) is 2. The molecule has 1 saturated heterocycles. The molecular formula is C18H26N2O3. The number of amides is 1. The van der Waals surface area contributed by atoms with Crippen LogP contribution >= 0.6 is 0 Å². The lowest BCUT2D eigenvalue weighted by Gasteiger charge is -2.56. The van der Waals surface area contributed by atoms with E-state index in [4.69, 9.17) is 4.74 Å². The summed E-state index contributed by atoms with van der Waals surface area (Å²) in [6.45, 7) is 6.03. The Balaban J connectivity index is 1.56. The van der Waals surface area contributed by atoms with Gasteiger partial charge >= 0.3 is 0 Å². The van der Waals surface area contributed by atoms with Crippen molar-refractivity contribution >= 4 is 5.91 Å². The summed E-state index contributed by atoms with van der Waals surface area (Å²) in [4.78, 5) is 18.6. The maximum atomic E-state index is 12.5. The van der Waals surface area contributed by atoms with E-state index in [1.165, 1.54) is 0 Å². The summed E-state index contributed by atoms with van der Waals surface area (Å²) in [7, 11) is 0. The molecule has 5 heteroatoms. The number of hydrogen-bond donors (Lipinski definition) is 1. The van der Waals surface area contributed by atoms with Crippen LogP contribution in [0.4, 0.5) is 0 Å². The van der Waals surface area contributed by atoms with Crippen LogP contribution in [0.25, 0.3) is 0 Å². The number of rotatable bonds is 4. The van der Waals surface area contributed by atoms with Crippen LogP contribution < -0.4 is 0 Å². The van der Waals surface area contributed by atoms with Gasteiger partial charge < -0.3 is 14.7 Å². The first-order valence-corrected chi connectivity index (χ1v) is 8.54. The van der Waals surface area contributed by atoms with E-state index in [0.717, 1.165) is 30.5 Å². The van der Waals surface area contributed by atoms with Gasteiger partial charge in [0.05, 0.1) is 18.6 Å². The molecule has 3 rings (SSSR count). The van der Waals surface area contributed by atoms with Crippen LogP contribution in [0.3, 0.4) is 0 Å². The van der Waals surface area contributed by atoms with E-state index >= 15 is 0 Å². The molecule has 23 heavy (non-hydrogen) atoms. The van der Waals surface area contributed by atoms with Gasteiger partial charge in [-0.1, -0.05) is 6.07 Å². The Morgan fingerprint density at radius 3 is 2.74 bits per heavy atom. The van der Waals surface area contributed by atoms with Gasteiger partial charge in [-0.05, 0) is 38.3 Å². The molecule has 1 aliphatic carbocycles. The first kappa shape index (κ1) is 16.4. The van der Waals surface area contributed by atoms with Crippen molar-refractivity contribution in [3.05, 3.63) is 29.6 Å². The molecule has 1 aromatic heterocycles. The topological polar surface area (TPSA) is 62.7 Å². The quantitative estimate of drug-likeness (QED) is 0.918. The fourth-order valence-corrected chi connectivity index (χ4v) is 3.88. The molecule has 1 saturated carbocycles. The molecule has 2 atom stereocenters. The molecule has 5 nitrogen and oxygen atoms in total. The number of aliphatic hydroxyl groups is 1. The number of aliphatic hydroxyl groups excluding tert-OH is 1. The number of likely N-dealkylation sites (tertiary alicyclic amines) is 1. The summed E-state index contributed by atoms with van der Waals surface area (Å²) < 4.78 is 5.77. The van der Waals surface area contributed by atoms with Gasteiger partial charge in [0.1, 0.15) is 0 Å². The molecule has 2 aliphatic rings. The third-order valence-electron chi connectivity index (χ3n) is 5.49. The molecule has 1 aromatic rings. The molecule has 2 fully saturated rings. The third kappa shape index (κ3) is 3.12. The SMILES string of the molecule is CCO[C@@H]1C[C@@H](O)C12CCN(C(=O)Cc1ccc(C)nc1)CC2. The molecule has 1 aliphatic heterocycles. The number of carbonyl (C=O) groups is 1. The normalized spacial score (nSPS) is 26.1. The number of aromatic nitrogens is 1. The molecule has 0 bridgehead atoms. The molecule has 126 valence electrons. The van der Waals surface area contributed by atoms with E-state index in [2.05, 4.69) is 4.98 Å². The average molecular weight is 318 g/mol. The maximum absolute atomic E-state index is 12.5. The Kier molecular flexibility index (Phi) is 4.69. The minimum atomic E-state index is -0.280. The number of aryl methyl sites for hydroxylation is 1. The van der Waals surface area contributed by atoms with Gasteiger partial charge in [-0.25, -0.2) is 0 Å². The van der Waals surface area contributed by atoms with Crippen molar-refractivity contribution in [2.45, 2.75) is 51.7 Å². The molecule has 0 unspecified atom stereocenters. The highest BCUT2D eigenvalue weighted by Gasteiger charge is 2.56. The summed E-state index contributed by atoms with van der Waals surface area (Å²) in [6, 6.07) is 3.90. The number of ether oxygens (including phenoxy) is 1. The molecule has 0 aromatic carbocycles. The van der Waals surface area contributed by atoms with E-state index in [0.29, 0.717) is 26.1 Å². The van der Waals surface area contributed by atoms with Crippen LogP contribution in [0.2, 0.25) is 0 Å². The van der Waals surface area contributed by atoms with E-state index < -0.39 is 0 Å². The van der Waals surface area contributed by atoms with Crippen molar-refractivity contribution < 1.29 is 14.6 Å². The highest BCUT2D eigenvalue weighted by molar-refractivity contribution is 5.78. The van der Waals surface area contributed by atoms with Gasteiger partial charge in [-0.15, -0.1) is 0 Å². The van der Waals surface area contributed by atoms with E-state index in [-0.39, 0.29) is 23.5 Å². The van der Waals surface area contributed by atoms with Gasteiger partial charge in [-0.2, -0.15) is 0 Å². The maximum Gasteiger partial charge on any atom is 0.227 e. The summed E-state index contributed by atoms with van der Waals surface area (Å²) >= 11 is 0. The molecule has 1 spiro atoms. The van der Waals surface area contributed by atoms with Crippen LogP contribution in [0.1, 0.15) is 37.4 Å². The van der Waals surface area contributed by atoms with E-state index in [1.807, 2.05) is 30.9 Å². The van der Waals surface area contributed by atoms with Crippen molar-refractivity contribution in [3.8, 4) is 0 Å². The van der Waals surface area contributed by atoms with E-state index in [1.54, 1.807) is 6.20 Å². The predicted octanol–water partition coefficient (Wildman–Crippen LogP) is 1.71. The van der Waals surface area contributed by atoms with E-state index in [9.17, 15) is 9.90 Å². The van der Waals surface area contributed by atoms with Gasteiger partial charge in [-0.3, -0.25) is 9.78 Å². The fourth-order valence-electron chi connectivity index (χ4n) is 3.88. The molecule has 1 amide bonds. The third-order valence-corrected chi connectivity index (χ3v) is 5.49. The second-order valence-electron chi connectivity index (χ2n) is 6.79. The van der Waals surface area contributed by atoms with Crippen molar-refractivity contribution in [1.29, 1.82) is 0 Å². The van der Waals surface area contributed by atoms with Crippen LogP contribution in [0, 0.1) is 12.3 Å². The summed E-state index contributed by atoms with van der Waals surface area (Å²) in [6.07, 6.45) is 4.44. The molecule has 2 heterocycles. The lowest BCUT2D eigenvalue weighted by atomic mass is 9.58. The van der Waals surface area contributed by atoms with Gasteiger partial charge in [0.15, 0.2) is 0 Å². The number of hydrogen-bond acceptors (Lipinski definition) is 4. The zero-order valence-electron chi connectivity index (χ0n) is 14.0. The van der Waals surface area contributed by atoms with Gasteiger partial charge in [0, 0.05) is 43.4 Å². The highest BCUT2D eigenvalue weighted by Crippen LogP contribution is 2.50. The standard InChI is InChI=1S/C18H26N2O3/c1-3-23-16-11-15(21)18(16)6-8-20(9-7-18)17(22)10-14-5-4-13(2)19-12-14/h4-5,12,15-16,21H,3,6-11H2,1-2H3/t15-,16-/m1/s1. The zero-order valence-corrected chi connectivity index (χ0v) is 14.0. The average Bonchev–Trinajstić information content (AvgIpc) is 2.57. The minimum Gasteiger partial charge on any atom is -0.392 e. The summed E-state index contributed by atoms with van der Waals surface area (Å²) in [5.41, 5.74) is 1.79. The van der Waals surface area contributed by atoms with Gasteiger partial charge in [0.2, 0.25) is 5.91 Å². The van der Waals surface area contributed by atoms with Gasteiger partial charge in [0.25, 0.3) is 0 Å². The molecule has 1 N–H and O–H groups in total. The first-order chi connectivity index (χ1) is 11.0. The Morgan fingerprint density at radius 2 is 2.17 bits per heavy atom. The Hall–Kier alpha value is -1.46. The minimum absolute atomic E-state index is 0.127. The van der Waals surface area contributed by atoms with Crippen molar-refractivity contribution in [1.82, 2.24) is 9.88 Å². The van der Waals surface area contributed by atoms with Crippen LogP contribution in [-0.4, -0.2) is 52.8 Å². The zero-order chi connectivity index (χ0) is 16.4. The van der Waals surface area contributed by atoms with Crippen molar-refractivity contribution in [2.24, 2.45) is 5.41 Å².